The first kappa shape index (κ1) is 13.8. The fraction of sp³-hybridized carbons (Fsp3) is 0.462. The summed E-state index contributed by atoms with van der Waals surface area (Å²) in [4.78, 5) is 14.4. The third kappa shape index (κ3) is 2.55. The molecule has 0 saturated heterocycles. The van der Waals surface area contributed by atoms with Gasteiger partial charge in [0.25, 0.3) is 0 Å². The van der Waals surface area contributed by atoms with Crippen molar-refractivity contribution in [3.05, 3.63) is 29.8 Å². The van der Waals surface area contributed by atoms with Gasteiger partial charge in [-0.05, 0) is 37.0 Å². The van der Waals surface area contributed by atoms with Gasteiger partial charge >= 0.3 is 0 Å². The maximum atomic E-state index is 11.4. The Balaban J connectivity index is 2.31. The van der Waals surface area contributed by atoms with Crippen LogP contribution >= 0.6 is 0 Å². The minimum absolute atomic E-state index is 0.441. The Morgan fingerprint density at radius 1 is 1.26 bits per heavy atom. The average molecular weight is 280 g/mol. The lowest BCUT2D eigenvalue weighted by atomic mass is 9.72. The molecule has 0 heterocycles. The van der Waals surface area contributed by atoms with E-state index in [4.69, 9.17) is 0 Å². The van der Waals surface area contributed by atoms with E-state index in [9.17, 15) is 13.2 Å². The molecule has 0 N–H and O–H groups in total. The van der Waals surface area contributed by atoms with Crippen molar-refractivity contribution in [1.82, 2.24) is 0 Å². The van der Waals surface area contributed by atoms with Crippen LogP contribution in [0.2, 0.25) is 0 Å². The predicted molar refractivity (Wildman–Crippen MR) is 73.3 cm³/mol. The first-order valence-electron chi connectivity index (χ1n) is 6.02. The van der Waals surface area contributed by atoms with E-state index in [0.29, 0.717) is 5.69 Å². The van der Waals surface area contributed by atoms with Gasteiger partial charge in [-0.25, -0.2) is 13.2 Å². The van der Waals surface area contributed by atoms with Crippen molar-refractivity contribution in [3.8, 4) is 0 Å². The number of hydrogen-bond donors (Lipinski definition) is 0. The minimum atomic E-state index is -3.26. The van der Waals surface area contributed by atoms with Gasteiger partial charge in [0, 0.05) is 7.05 Å². The molecule has 0 spiro atoms. The molecule has 0 bridgehead atoms. The molecule has 1 aromatic rings. The van der Waals surface area contributed by atoms with Gasteiger partial charge in [0.1, 0.15) is 0 Å². The van der Waals surface area contributed by atoms with Crippen molar-refractivity contribution in [1.29, 1.82) is 0 Å². The number of isocyanates is 1. The molecule has 102 valence electrons. The summed E-state index contributed by atoms with van der Waals surface area (Å²) in [5, 5.41) is 0. The second-order valence-electron chi connectivity index (χ2n) is 4.87. The number of aliphatic imine (C=N–C) groups is 1. The molecule has 0 unspecified atom stereocenters. The van der Waals surface area contributed by atoms with Crippen LogP contribution in [0, 0.1) is 0 Å². The molecule has 0 aliphatic heterocycles. The molecule has 2 rings (SSSR count). The van der Waals surface area contributed by atoms with Crippen molar-refractivity contribution in [2.24, 2.45) is 4.99 Å². The lowest BCUT2D eigenvalue weighted by molar-refractivity contribution is 0.256. The SMILES string of the molecule is CN(c1ccc(C2(N=C=O)CCC2)cc1)S(C)(=O)=O. The van der Waals surface area contributed by atoms with Gasteiger partial charge in [0.05, 0.1) is 17.5 Å². The highest BCUT2D eigenvalue weighted by molar-refractivity contribution is 7.92. The Labute approximate surface area is 113 Å². The molecule has 0 atom stereocenters. The van der Waals surface area contributed by atoms with Crippen molar-refractivity contribution in [3.63, 3.8) is 0 Å². The Hall–Kier alpha value is -1.65. The Morgan fingerprint density at radius 3 is 2.21 bits per heavy atom. The molecule has 0 amide bonds. The van der Waals surface area contributed by atoms with Crippen LogP contribution in [-0.4, -0.2) is 27.8 Å². The Morgan fingerprint density at radius 2 is 1.84 bits per heavy atom. The van der Waals surface area contributed by atoms with Gasteiger partial charge in [0.15, 0.2) is 0 Å². The number of rotatable bonds is 4. The smallest absolute Gasteiger partial charge is 0.235 e. The fourth-order valence-electron chi connectivity index (χ4n) is 2.24. The predicted octanol–water partition coefficient (Wildman–Crippen LogP) is 1.80. The summed E-state index contributed by atoms with van der Waals surface area (Å²) in [6.07, 6.45) is 5.51. The number of carbonyl (C=O) groups excluding carboxylic acids is 1. The van der Waals surface area contributed by atoms with E-state index in [1.54, 1.807) is 18.2 Å². The molecular formula is C13H16N2O3S. The van der Waals surface area contributed by atoms with Crippen molar-refractivity contribution < 1.29 is 13.2 Å². The van der Waals surface area contributed by atoms with Gasteiger partial charge in [0.2, 0.25) is 16.1 Å². The van der Waals surface area contributed by atoms with E-state index < -0.39 is 15.6 Å². The highest BCUT2D eigenvalue weighted by atomic mass is 32.2. The van der Waals surface area contributed by atoms with Crippen LogP contribution in [-0.2, 0) is 20.4 Å². The molecule has 5 nitrogen and oxygen atoms in total. The van der Waals surface area contributed by atoms with Crippen molar-refractivity contribution in [2.75, 3.05) is 17.6 Å². The summed E-state index contributed by atoms with van der Waals surface area (Å²) in [5.41, 5.74) is 1.09. The van der Waals surface area contributed by atoms with Crippen LogP contribution in [0.4, 0.5) is 5.69 Å². The minimum Gasteiger partial charge on any atom is -0.274 e. The molecular weight excluding hydrogens is 264 g/mol. The topological polar surface area (TPSA) is 66.8 Å². The van der Waals surface area contributed by atoms with Gasteiger partial charge in [-0.2, -0.15) is 4.99 Å². The second kappa shape index (κ2) is 4.79. The van der Waals surface area contributed by atoms with Crippen molar-refractivity contribution in [2.45, 2.75) is 24.8 Å². The molecule has 1 aliphatic carbocycles. The third-order valence-electron chi connectivity index (χ3n) is 3.71. The Kier molecular flexibility index (Phi) is 3.47. The summed E-state index contributed by atoms with van der Waals surface area (Å²) < 4.78 is 24.1. The zero-order chi connectivity index (χ0) is 14.1. The lowest BCUT2D eigenvalue weighted by Crippen LogP contribution is -2.32. The van der Waals surface area contributed by atoms with Crippen LogP contribution in [0.3, 0.4) is 0 Å². The first-order valence-corrected chi connectivity index (χ1v) is 7.87. The summed E-state index contributed by atoms with van der Waals surface area (Å²) in [5.74, 6) is 0. The van der Waals surface area contributed by atoms with Gasteiger partial charge in [-0.15, -0.1) is 0 Å². The first-order chi connectivity index (χ1) is 8.89. The summed E-state index contributed by atoms with van der Waals surface area (Å²) >= 11 is 0. The van der Waals surface area contributed by atoms with E-state index in [1.807, 2.05) is 12.1 Å². The standard InChI is InChI=1S/C13H16N2O3S/c1-15(19(2,17)18)12-6-4-11(5-7-12)13(14-10-16)8-3-9-13/h4-7H,3,8-9H2,1-2H3. The second-order valence-corrected chi connectivity index (χ2v) is 6.88. The van der Waals surface area contributed by atoms with E-state index >= 15 is 0 Å². The molecule has 1 aliphatic rings. The fourth-order valence-corrected chi connectivity index (χ4v) is 2.74. The van der Waals surface area contributed by atoms with Gasteiger partial charge in [-0.3, -0.25) is 4.31 Å². The normalized spacial score (nSPS) is 17.2. The van der Waals surface area contributed by atoms with Gasteiger partial charge in [-0.1, -0.05) is 12.1 Å². The third-order valence-corrected chi connectivity index (χ3v) is 4.91. The quantitative estimate of drug-likeness (QED) is 0.624. The number of nitrogens with zero attached hydrogens (tertiary/aromatic N) is 2. The summed E-state index contributed by atoms with van der Waals surface area (Å²) in [6.45, 7) is 0. The maximum absolute atomic E-state index is 11.4. The molecule has 19 heavy (non-hydrogen) atoms. The zero-order valence-electron chi connectivity index (χ0n) is 11.0. The van der Waals surface area contributed by atoms with E-state index in [0.717, 1.165) is 31.1 Å². The van der Waals surface area contributed by atoms with Crippen molar-refractivity contribution >= 4 is 21.8 Å². The molecule has 6 heteroatoms. The van der Waals surface area contributed by atoms with Crippen LogP contribution in [0.1, 0.15) is 24.8 Å². The van der Waals surface area contributed by atoms with Gasteiger partial charge < -0.3 is 0 Å². The molecule has 1 fully saturated rings. The maximum Gasteiger partial charge on any atom is 0.235 e. The summed E-state index contributed by atoms with van der Waals surface area (Å²) in [7, 11) is -1.75. The average Bonchev–Trinajstić information content (AvgIpc) is 2.32. The van der Waals surface area contributed by atoms with E-state index in [2.05, 4.69) is 4.99 Å². The highest BCUT2D eigenvalue weighted by Crippen LogP contribution is 2.44. The van der Waals surface area contributed by atoms with E-state index in [-0.39, 0.29) is 0 Å². The number of anilines is 1. The molecule has 1 aromatic carbocycles. The van der Waals surface area contributed by atoms with Crippen LogP contribution in [0.15, 0.2) is 29.3 Å². The molecule has 1 saturated carbocycles. The lowest BCUT2D eigenvalue weighted by Gasteiger charge is -2.37. The van der Waals surface area contributed by atoms with E-state index in [1.165, 1.54) is 11.4 Å². The summed E-state index contributed by atoms with van der Waals surface area (Å²) in [6, 6.07) is 7.13. The number of sulfonamides is 1. The van der Waals surface area contributed by atoms with Crippen LogP contribution in [0.25, 0.3) is 0 Å². The monoisotopic (exact) mass is 280 g/mol. The Bertz CT molecular complexity index is 612. The number of hydrogen-bond acceptors (Lipinski definition) is 4. The zero-order valence-corrected chi connectivity index (χ0v) is 11.8. The molecule has 0 radical (unpaired) electrons. The molecule has 0 aromatic heterocycles. The van der Waals surface area contributed by atoms with Crippen LogP contribution in [0.5, 0.6) is 0 Å². The highest BCUT2D eigenvalue weighted by Gasteiger charge is 2.38. The number of benzene rings is 1. The van der Waals surface area contributed by atoms with Crippen LogP contribution < -0.4 is 4.31 Å². The largest absolute Gasteiger partial charge is 0.274 e.